The van der Waals surface area contributed by atoms with Gasteiger partial charge in [-0.2, -0.15) is 0 Å². The van der Waals surface area contributed by atoms with E-state index in [1.165, 1.54) is 0 Å². The number of likely N-dealkylation sites (tertiary alicyclic amines) is 2. The number of imide groups is 1. The Bertz CT molecular complexity index is 868. The van der Waals surface area contributed by atoms with Crippen LogP contribution in [0.15, 0.2) is 30.3 Å². The van der Waals surface area contributed by atoms with Crippen molar-refractivity contribution >= 4 is 23.8 Å². The van der Waals surface area contributed by atoms with Crippen LogP contribution in [-0.4, -0.2) is 70.7 Å². The maximum atomic E-state index is 13.3. The highest BCUT2D eigenvalue weighted by Gasteiger charge is 2.52. The van der Waals surface area contributed by atoms with Crippen molar-refractivity contribution in [2.45, 2.75) is 57.0 Å². The number of piperidine rings is 1. The van der Waals surface area contributed by atoms with E-state index in [0.717, 1.165) is 43.7 Å². The van der Waals surface area contributed by atoms with Gasteiger partial charge in [0.05, 0.1) is 0 Å². The Morgan fingerprint density at radius 1 is 1.03 bits per heavy atom. The monoisotopic (exact) mass is 426 g/mol. The molecule has 5 amide bonds. The van der Waals surface area contributed by atoms with E-state index in [0.29, 0.717) is 24.9 Å². The van der Waals surface area contributed by atoms with Crippen LogP contribution in [0.1, 0.15) is 51.0 Å². The Balaban J connectivity index is 1.51. The van der Waals surface area contributed by atoms with Crippen molar-refractivity contribution in [2.75, 3.05) is 26.2 Å². The molecule has 0 aliphatic carbocycles. The Morgan fingerprint density at radius 3 is 2.39 bits per heavy atom. The van der Waals surface area contributed by atoms with Gasteiger partial charge >= 0.3 is 6.03 Å². The summed E-state index contributed by atoms with van der Waals surface area (Å²) in [4.78, 5) is 56.6. The van der Waals surface area contributed by atoms with E-state index in [1.807, 2.05) is 42.2 Å². The number of benzene rings is 1. The SMILES string of the molecule is CC[C@@]1(c2ccccc2)NC(=O)N(CC(=O)N2CCCC[C@H]2C(=O)N2CCCC2)C1=O. The third-order valence-corrected chi connectivity index (χ3v) is 6.79. The number of urea groups is 1. The summed E-state index contributed by atoms with van der Waals surface area (Å²) in [6.07, 6.45) is 4.71. The smallest absolute Gasteiger partial charge is 0.325 e. The summed E-state index contributed by atoms with van der Waals surface area (Å²) in [5.74, 6) is -0.769. The molecule has 3 saturated heterocycles. The molecule has 3 aliphatic rings. The fourth-order valence-corrected chi connectivity index (χ4v) is 4.99. The summed E-state index contributed by atoms with van der Waals surface area (Å²) in [6.45, 7) is 3.44. The van der Waals surface area contributed by atoms with Gasteiger partial charge in [-0.25, -0.2) is 4.79 Å². The molecule has 3 aliphatic heterocycles. The minimum Gasteiger partial charge on any atom is -0.341 e. The van der Waals surface area contributed by atoms with Gasteiger partial charge in [0.1, 0.15) is 18.1 Å². The Morgan fingerprint density at radius 2 is 1.71 bits per heavy atom. The second-order valence-corrected chi connectivity index (χ2v) is 8.58. The van der Waals surface area contributed by atoms with Crippen molar-refractivity contribution < 1.29 is 19.2 Å². The van der Waals surface area contributed by atoms with E-state index in [-0.39, 0.29) is 18.4 Å². The van der Waals surface area contributed by atoms with Crippen LogP contribution in [0.2, 0.25) is 0 Å². The second-order valence-electron chi connectivity index (χ2n) is 8.58. The molecular formula is C23H30N4O4. The number of nitrogens with one attached hydrogen (secondary N) is 1. The van der Waals surface area contributed by atoms with E-state index < -0.39 is 23.5 Å². The quantitative estimate of drug-likeness (QED) is 0.728. The predicted molar refractivity (Wildman–Crippen MR) is 114 cm³/mol. The van der Waals surface area contributed by atoms with Gasteiger partial charge in [0.25, 0.3) is 5.91 Å². The lowest BCUT2D eigenvalue weighted by Gasteiger charge is -2.37. The van der Waals surface area contributed by atoms with Crippen LogP contribution in [0.3, 0.4) is 0 Å². The summed E-state index contributed by atoms with van der Waals surface area (Å²) in [6, 6.07) is 8.05. The number of rotatable bonds is 5. The number of carbonyl (C=O) groups is 4. The summed E-state index contributed by atoms with van der Waals surface area (Å²) in [7, 11) is 0. The van der Waals surface area contributed by atoms with Gasteiger partial charge in [-0.1, -0.05) is 37.3 Å². The minimum atomic E-state index is -1.16. The maximum Gasteiger partial charge on any atom is 0.325 e. The fourth-order valence-electron chi connectivity index (χ4n) is 4.99. The van der Waals surface area contributed by atoms with Gasteiger partial charge in [-0.3, -0.25) is 19.3 Å². The topological polar surface area (TPSA) is 90.0 Å². The van der Waals surface area contributed by atoms with Crippen molar-refractivity contribution in [1.82, 2.24) is 20.0 Å². The molecule has 4 rings (SSSR count). The molecule has 3 fully saturated rings. The lowest BCUT2D eigenvalue weighted by molar-refractivity contribution is -0.148. The molecule has 1 N–H and O–H groups in total. The number of nitrogens with zero attached hydrogens (tertiary/aromatic N) is 3. The van der Waals surface area contributed by atoms with Crippen LogP contribution in [0, 0.1) is 0 Å². The first-order valence-corrected chi connectivity index (χ1v) is 11.3. The van der Waals surface area contributed by atoms with E-state index in [2.05, 4.69) is 5.32 Å². The van der Waals surface area contributed by atoms with Gasteiger partial charge in [-0.05, 0) is 44.1 Å². The molecule has 1 aromatic carbocycles. The third-order valence-electron chi connectivity index (χ3n) is 6.79. The normalized spacial score (nSPS) is 26.4. The number of hydrogen-bond donors (Lipinski definition) is 1. The van der Waals surface area contributed by atoms with Crippen molar-refractivity contribution in [3.05, 3.63) is 35.9 Å². The second kappa shape index (κ2) is 8.69. The van der Waals surface area contributed by atoms with Gasteiger partial charge in [0.2, 0.25) is 11.8 Å². The molecule has 1 aromatic rings. The Kier molecular flexibility index (Phi) is 5.98. The molecule has 31 heavy (non-hydrogen) atoms. The van der Waals surface area contributed by atoms with Crippen LogP contribution >= 0.6 is 0 Å². The highest BCUT2D eigenvalue weighted by Crippen LogP contribution is 2.32. The average molecular weight is 427 g/mol. The molecule has 0 bridgehead atoms. The summed E-state index contributed by atoms with van der Waals surface area (Å²) >= 11 is 0. The largest absolute Gasteiger partial charge is 0.341 e. The zero-order valence-corrected chi connectivity index (χ0v) is 18.0. The maximum absolute atomic E-state index is 13.3. The number of carbonyl (C=O) groups excluding carboxylic acids is 4. The van der Waals surface area contributed by atoms with Crippen molar-refractivity contribution in [2.24, 2.45) is 0 Å². The molecule has 2 atom stereocenters. The first kappa shape index (κ1) is 21.3. The molecule has 3 heterocycles. The van der Waals surface area contributed by atoms with Crippen LogP contribution in [0.25, 0.3) is 0 Å². The van der Waals surface area contributed by atoms with Gasteiger partial charge in [0, 0.05) is 19.6 Å². The zero-order valence-electron chi connectivity index (χ0n) is 18.0. The highest BCUT2D eigenvalue weighted by molar-refractivity contribution is 6.09. The van der Waals surface area contributed by atoms with Crippen LogP contribution < -0.4 is 5.32 Å². The van der Waals surface area contributed by atoms with E-state index >= 15 is 0 Å². The number of amides is 5. The zero-order chi connectivity index (χ0) is 22.0. The Hall–Kier alpha value is -2.90. The summed E-state index contributed by atoms with van der Waals surface area (Å²) < 4.78 is 0. The molecule has 0 unspecified atom stereocenters. The lowest BCUT2D eigenvalue weighted by atomic mass is 9.87. The highest BCUT2D eigenvalue weighted by atomic mass is 16.2. The first-order valence-electron chi connectivity index (χ1n) is 11.3. The lowest BCUT2D eigenvalue weighted by Crippen LogP contribution is -2.55. The minimum absolute atomic E-state index is 0.00468. The van der Waals surface area contributed by atoms with Gasteiger partial charge in [-0.15, -0.1) is 0 Å². The summed E-state index contributed by atoms with van der Waals surface area (Å²) in [5.41, 5.74) is -0.462. The molecule has 0 radical (unpaired) electrons. The third kappa shape index (κ3) is 3.79. The Labute approximate surface area is 182 Å². The molecule has 0 aromatic heterocycles. The van der Waals surface area contributed by atoms with Crippen LogP contribution in [-0.2, 0) is 19.9 Å². The molecule has 0 spiro atoms. The molecule has 8 nitrogen and oxygen atoms in total. The first-order chi connectivity index (χ1) is 15.0. The number of hydrogen-bond acceptors (Lipinski definition) is 4. The molecular weight excluding hydrogens is 396 g/mol. The van der Waals surface area contributed by atoms with Gasteiger partial charge in [0.15, 0.2) is 0 Å². The predicted octanol–water partition coefficient (Wildman–Crippen LogP) is 1.85. The van der Waals surface area contributed by atoms with Crippen molar-refractivity contribution in [3.8, 4) is 0 Å². The molecule has 8 heteroatoms. The van der Waals surface area contributed by atoms with E-state index in [1.54, 1.807) is 4.90 Å². The van der Waals surface area contributed by atoms with E-state index in [4.69, 9.17) is 0 Å². The van der Waals surface area contributed by atoms with Crippen molar-refractivity contribution in [1.29, 1.82) is 0 Å². The molecule has 166 valence electrons. The fraction of sp³-hybridized carbons (Fsp3) is 0.565. The van der Waals surface area contributed by atoms with Crippen LogP contribution in [0.5, 0.6) is 0 Å². The van der Waals surface area contributed by atoms with E-state index in [9.17, 15) is 19.2 Å². The summed E-state index contributed by atoms with van der Waals surface area (Å²) in [5, 5.41) is 2.81. The van der Waals surface area contributed by atoms with Gasteiger partial charge < -0.3 is 15.1 Å². The van der Waals surface area contributed by atoms with Crippen LogP contribution in [0.4, 0.5) is 4.79 Å². The molecule has 0 saturated carbocycles. The average Bonchev–Trinajstić information content (AvgIpc) is 3.42. The van der Waals surface area contributed by atoms with Crippen molar-refractivity contribution in [3.63, 3.8) is 0 Å². The standard InChI is InChI=1S/C23H30N4O4/c1-2-23(17-10-4-3-5-11-17)21(30)27(22(31)24-23)16-19(28)26-15-7-6-12-18(26)20(29)25-13-8-9-14-25/h3-5,10-11,18H,2,6-9,12-16H2,1H3,(H,24,31)/t18-,23-/m0/s1.